The highest BCUT2D eigenvalue weighted by atomic mass is 32.3. The molecule has 0 aromatic heterocycles. The second kappa shape index (κ2) is 6.20. The van der Waals surface area contributed by atoms with Crippen LogP contribution in [0.15, 0.2) is 24.3 Å². The van der Waals surface area contributed by atoms with E-state index in [2.05, 4.69) is 14.9 Å². The number of hydrogen-bond donors (Lipinski definition) is 2. The highest BCUT2D eigenvalue weighted by Crippen LogP contribution is 2.19. The van der Waals surface area contributed by atoms with Crippen LogP contribution in [0.5, 0.6) is 0 Å². The first-order chi connectivity index (χ1) is 9.75. The monoisotopic (exact) mass is 333 g/mol. The van der Waals surface area contributed by atoms with E-state index in [1.807, 2.05) is 12.1 Å². The molecule has 118 valence electrons. The molecule has 2 rings (SSSR count). The number of sulfonamides is 1. The summed E-state index contributed by atoms with van der Waals surface area (Å²) in [7, 11) is -7.48. The van der Waals surface area contributed by atoms with E-state index in [4.69, 9.17) is 0 Å². The van der Waals surface area contributed by atoms with Crippen LogP contribution in [0.2, 0.25) is 0 Å². The zero-order valence-electron chi connectivity index (χ0n) is 11.7. The summed E-state index contributed by atoms with van der Waals surface area (Å²) < 4.78 is 47.8. The molecule has 9 heteroatoms. The molecular weight excluding hydrogens is 314 g/mol. The highest BCUT2D eigenvalue weighted by molar-refractivity contribution is 8.08. The van der Waals surface area contributed by atoms with Crippen LogP contribution in [-0.2, 0) is 19.9 Å². The van der Waals surface area contributed by atoms with Crippen molar-refractivity contribution in [2.75, 3.05) is 47.1 Å². The Bertz CT molecular complexity index is 678. The molecule has 7 nitrogen and oxygen atoms in total. The molecule has 0 amide bonds. The van der Waals surface area contributed by atoms with Crippen LogP contribution >= 0.6 is 0 Å². The van der Waals surface area contributed by atoms with Gasteiger partial charge in [0.15, 0.2) is 14.9 Å². The lowest BCUT2D eigenvalue weighted by atomic mass is 10.2. The van der Waals surface area contributed by atoms with Gasteiger partial charge in [-0.3, -0.25) is 4.72 Å². The van der Waals surface area contributed by atoms with Gasteiger partial charge in [-0.2, -0.15) is 0 Å². The summed E-state index contributed by atoms with van der Waals surface area (Å²) in [5.41, 5.74) is 1.38. The van der Waals surface area contributed by atoms with Gasteiger partial charge in [0.2, 0.25) is 10.0 Å². The van der Waals surface area contributed by atoms with Crippen molar-refractivity contribution in [3.63, 3.8) is 0 Å². The minimum atomic E-state index is -3.89. The van der Waals surface area contributed by atoms with Crippen LogP contribution in [0.3, 0.4) is 0 Å². The van der Waals surface area contributed by atoms with Crippen LogP contribution in [-0.4, -0.2) is 54.4 Å². The van der Waals surface area contributed by atoms with Crippen LogP contribution in [0.1, 0.15) is 0 Å². The summed E-state index contributed by atoms with van der Waals surface area (Å²) in [4.78, 5) is 2.20. The maximum absolute atomic E-state index is 11.7. The summed E-state index contributed by atoms with van der Waals surface area (Å²) in [6, 6.07) is 6.92. The topological polar surface area (TPSA) is 95.6 Å². The zero-order valence-corrected chi connectivity index (χ0v) is 13.4. The van der Waals surface area contributed by atoms with Gasteiger partial charge in [-0.1, -0.05) is 0 Å². The molecule has 0 saturated carbocycles. The van der Waals surface area contributed by atoms with Crippen molar-refractivity contribution < 1.29 is 16.8 Å². The molecule has 21 heavy (non-hydrogen) atoms. The Balaban J connectivity index is 2.05. The van der Waals surface area contributed by atoms with Crippen molar-refractivity contribution >= 4 is 31.2 Å². The summed E-state index contributed by atoms with van der Waals surface area (Å²) >= 11 is 0. The van der Waals surface area contributed by atoms with Crippen molar-refractivity contribution in [1.29, 1.82) is 0 Å². The molecule has 1 aromatic carbocycles. The van der Waals surface area contributed by atoms with Crippen molar-refractivity contribution in [3.05, 3.63) is 24.3 Å². The molecular formula is C12H19N3O4S2. The fourth-order valence-electron chi connectivity index (χ4n) is 2.15. The first-order valence-electron chi connectivity index (χ1n) is 6.49. The number of rotatable bonds is 5. The van der Waals surface area contributed by atoms with E-state index in [0.717, 1.165) is 38.1 Å². The molecule has 0 atom stereocenters. The average Bonchev–Trinajstić information content (AvgIpc) is 2.37. The Morgan fingerprint density at radius 2 is 1.67 bits per heavy atom. The highest BCUT2D eigenvalue weighted by Gasteiger charge is 2.18. The maximum atomic E-state index is 11.7. The first-order valence-corrected chi connectivity index (χ1v) is 10.2. The van der Waals surface area contributed by atoms with E-state index in [9.17, 15) is 16.8 Å². The predicted molar refractivity (Wildman–Crippen MR) is 83.8 cm³/mol. The standard InChI is InChI=1S/C12H19N3O4S2/c1-20(16,17)10-21(18,19)14-11-2-4-12(5-3-11)15-8-6-13-7-9-15/h2-5,13-14H,6-10H2,1H3. The molecule has 1 aliphatic heterocycles. The van der Waals surface area contributed by atoms with Gasteiger partial charge < -0.3 is 10.2 Å². The van der Waals surface area contributed by atoms with E-state index in [0.29, 0.717) is 5.69 Å². The largest absolute Gasteiger partial charge is 0.369 e. The minimum absolute atomic E-state index is 0.359. The molecule has 0 spiro atoms. The summed E-state index contributed by atoms with van der Waals surface area (Å²) in [6.07, 6.45) is 0.889. The van der Waals surface area contributed by atoms with Crippen LogP contribution < -0.4 is 14.9 Å². The van der Waals surface area contributed by atoms with Gasteiger partial charge >= 0.3 is 0 Å². The molecule has 1 saturated heterocycles. The van der Waals surface area contributed by atoms with Crippen LogP contribution in [0.4, 0.5) is 11.4 Å². The Morgan fingerprint density at radius 1 is 1.10 bits per heavy atom. The Morgan fingerprint density at radius 3 is 2.19 bits per heavy atom. The number of nitrogens with zero attached hydrogens (tertiary/aromatic N) is 1. The SMILES string of the molecule is CS(=O)(=O)CS(=O)(=O)Nc1ccc(N2CCNCC2)cc1. The number of benzene rings is 1. The molecule has 0 aliphatic carbocycles. The second-order valence-corrected chi connectivity index (χ2v) is 9.27. The van der Waals surface area contributed by atoms with Crippen molar-refractivity contribution in [3.8, 4) is 0 Å². The van der Waals surface area contributed by atoms with Gasteiger partial charge in [0.1, 0.15) is 0 Å². The summed E-state index contributed by atoms with van der Waals surface area (Å²) in [6.45, 7) is 3.64. The molecule has 1 aromatic rings. The molecule has 0 bridgehead atoms. The molecule has 1 aliphatic rings. The van der Waals surface area contributed by atoms with E-state index in [1.54, 1.807) is 12.1 Å². The third kappa shape index (κ3) is 5.18. The van der Waals surface area contributed by atoms with Crippen molar-refractivity contribution in [2.24, 2.45) is 0 Å². The lowest BCUT2D eigenvalue weighted by molar-refractivity contribution is 0.589. The fourth-order valence-corrected chi connectivity index (χ4v) is 5.14. The van der Waals surface area contributed by atoms with Gasteiger partial charge in [0, 0.05) is 43.8 Å². The number of piperazine rings is 1. The summed E-state index contributed by atoms with van der Waals surface area (Å²) in [5.74, 6) is 0. The normalized spacial score (nSPS) is 16.7. The van der Waals surface area contributed by atoms with Crippen molar-refractivity contribution in [2.45, 2.75) is 0 Å². The second-order valence-electron chi connectivity index (χ2n) is 5.04. The van der Waals surface area contributed by atoms with Gasteiger partial charge in [-0.05, 0) is 24.3 Å². The number of hydrogen-bond acceptors (Lipinski definition) is 6. The average molecular weight is 333 g/mol. The number of sulfone groups is 1. The lowest BCUT2D eigenvalue weighted by Crippen LogP contribution is -2.43. The number of anilines is 2. The van der Waals surface area contributed by atoms with E-state index >= 15 is 0 Å². The van der Waals surface area contributed by atoms with Gasteiger partial charge in [0.25, 0.3) is 0 Å². The van der Waals surface area contributed by atoms with E-state index in [-0.39, 0.29) is 0 Å². The molecule has 0 unspecified atom stereocenters. The smallest absolute Gasteiger partial charge is 0.247 e. The lowest BCUT2D eigenvalue weighted by Gasteiger charge is -2.29. The zero-order chi connectivity index (χ0) is 15.5. The van der Waals surface area contributed by atoms with Gasteiger partial charge in [-0.25, -0.2) is 16.8 Å². The first kappa shape index (κ1) is 16.1. The fraction of sp³-hybridized carbons (Fsp3) is 0.500. The van der Waals surface area contributed by atoms with Gasteiger partial charge in [0.05, 0.1) is 0 Å². The van der Waals surface area contributed by atoms with E-state index in [1.165, 1.54) is 0 Å². The quantitative estimate of drug-likeness (QED) is 0.777. The third-order valence-corrected chi connectivity index (χ3v) is 6.49. The Kier molecular flexibility index (Phi) is 4.74. The molecule has 2 N–H and O–H groups in total. The van der Waals surface area contributed by atoms with Crippen LogP contribution in [0.25, 0.3) is 0 Å². The van der Waals surface area contributed by atoms with E-state index < -0.39 is 24.9 Å². The summed E-state index contributed by atoms with van der Waals surface area (Å²) in [5, 5.41) is 2.34. The molecule has 1 fully saturated rings. The Hall–Kier alpha value is -1.32. The van der Waals surface area contributed by atoms with Crippen LogP contribution in [0, 0.1) is 0 Å². The van der Waals surface area contributed by atoms with Gasteiger partial charge in [-0.15, -0.1) is 0 Å². The predicted octanol–water partition coefficient (Wildman–Crippen LogP) is -0.160. The molecule has 0 radical (unpaired) electrons. The number of nitrogens with one attached hydrogen (secondary N) is 2. The van der Waals surface area contributed by atoms with Crippen molar-refractivity contribution in [1.82, 2.24) is 5.32 Å². The Labute approximate surface area is 125 Å². The third-order valence-electron chi connectivity index (χ3n) is 2.99. The molecule has 1 heterocycles. The maximum Gasteiger partial charge on any atom is 0.247 e. The minimum Gasteiger partial charge on any atom is -0.369 e.